The van der Waals surface area contributed by atoms with Crippen molar-refractivity contribution in [2.24, 2.45) is 0 Å². The van der Waals surface area contributed by atoms with Gasteiger partial charge in [-0.25, -0.2) is 9.59 Å². The third kappa shape index (κ3) is 4.99. The van der Waals surface area contributed by atoms with E-state index in [1.807, 2.05) is 0 Å². The number of benzene rings is 2. The van der Waals surface area contributed by atoms with Gasteiger partial charge in [0.05, 0.1) is 38.5 Å². The van der Waals surface area contributed by atoms with Crippen molar-refractivity contribution < 1.29 is 33.3 Å². The van der Waals surface area contributed by atoms with Crippen LogP contribution in [-0.4, -0.2) is 49.8 Å². The molecule has 3 aromatic rings. The van der Waals surface area contributed by atoms with Gasteiger partial charge in [-0.3, -0.25) is 9.36 Å². The van der Waals surface area contributed by atoms with Crippen LogP contribution in [0, 0.1) is 0 Å². The molecule has 2 heterocycles. The predicted octanol–water partition coefficient (Wildman–Crippen LogP) is 2.89. The van der Waals surface area contributed by atoms with Crippen LogP contribution in [0.5, 0.6) is 11.5 Å². The van der Waals surface area contributed by atoms with Crippen molar-refractivity contribution in [1.82, 2.24) is 4.57 Å². The van der Waals surface area contributed by atoms with Crippen molar-refractivity contribution in [3.8, 4) is 11.5 Å². The van der Waals surface area contributed by atoms with Crippen LogP contribution in [0.2, 0.25) is 0 Å². The number of anilines is 1. The first kappa shape index (κ1) is 26.9. The minimum absolute atomic E-state index is 0.0156. The topological polar surface area (TPSA) is 119 Å². The number of hydrogen-bond acceptors (Lipinski definition) is 9. The summed E-state index contributed by atoms with van der Waals surface area (Å²) in [5.41, 5.74) is 7.69. The minimum Gasteiger partial charge on any atom is -0.497 e. The second-order valence-corrected chi connectivity index (χ2v) is 9.78. The van der Waals surface area contributed by atoms with Gasteiger partial charge in [-0.2, -0.15) is 0 Å². The molecule has 0 fully saturated rings. The average Bonchev–Trinajstić information content (AvgIpc) is 3.20. The quantitative estimate of drug-likeness (QED) is 0.455. The molecule has 4 rings (SSSR count). The Morgan fingerprint density at radius 2 is 1.53 bits per heavy atom. The van der Waals surface area contributed by atoms with Gasteiger partial charge in [0, 0.05) is 5.22 Å². The first-order valence-electron chi connectivity index (χ1n) is 11.7. The smallest absolute Gasteiger partial charge is 0.357 e. The third-order valence-corrected chi connectivity index (χ3v) is 7.20. The van der Waals surface area contributed by atoms with Crippen LogP contribution in [0.15, 0.2) is 48.5 Å². The molecule has 1 atom stereocenters. The zero-order chi connectivity index (χ0) is 27.6. The number of nitrogens with two attached hydrogens (primary N) is 1. The Bertz CT molecular complexity index is 1510. The van der Waals surface area contributed by atoms with Crippen molar-refractivity contribution in [3.05, 3.63) is 75.9 Å². The molecular weight excluding hydrogens is 508 g/mol. The van der Waals surface area contributed by atoms with Gasteiger partial charge >= 0.3 is 11.9 Å². The van der Waals surface area contributed by atoms with Gasteiger partial charge in [0.25, 0.3) is 0 Å². The Balaban J connectivity index is 2.05. The van der Waals surface area contributed by atoms with E-state index in [4.69, 9.17) is 24.7 Å². The van der Waals surface area contributed by atoms with E-state index in [1.165, 1.54) is 11.7 Å². The zero-order valence-corrected chi connectivity index (χ0v) is 22.5. The molecule has 0 radical (unpaired) electrons. The lowest BCUT2D eigenvalue weighted by Gasteiger charge is -2.24. The van der Waals surface area contributed by atoms with Gasteiger partial charge in [-0.1, -0.05) is 36.0 Å². The van der Waals surface area contributed by atoms with Crippen LogP contribution in [0.3, 0.4) is 0 Å². The van der Waals surface area contributed by atoms with Crippen molar-refractivity contribution >= 4 is 46.3 Å². The molecule has 9 nitrogen and oxygen atoms in total. The molecule has 1 aliphatic rings. The SMILES string of the molecule is COC(=O)c1c(N)/c(=C\c2ccc(OC)cc2)c2n1C(=O)C(c1ccc(OC)cc1)SC=2C(=O)OC(C)C. The number of ether oxygens (including phenoxy) is 4. The van der Waals surface area contributed by atoms with E-state index in [-0.39, 0.29) is 21.6 Å². The van der Waals surface area contributed by atoms with Crippen LogP contribution >= 0.6 is 11.8 Å². The number of methoxy groups -OCH3 is 3. The van der Waals surface area contributed by atoms with E-state index in [2.05, 4.69) is 0 Å². The van der Waals surface area contributed by atoms with Crippen LogP contribution in [0.1, 0.15) is 45.5 Å². The Kier molecular flexibility index (Phi) is 7.82. The number of rotatable bonds is 7. The van der Waals surface area contributed by atoms with Crippen LogP contribution in [-0.2, 0) is 14.3 Å². The largest absolute Gasteiger partial charge is 0.497 e. The molecule has 38 heavy (non-hydrogen) atoms. The summed E-state index contributed by atoms with van der Waals surface area (Å²) >= 11 is 1.05. The first-order chi connectivity index (χ1) is 18.2. The maximum absolute atomic E-state index is 14.0. The van der Waals surface area contributed by atoms with Crippen molar-refractivity contribution in [2.45, 2.75) is 25.2 Å². The molecule has 10 heteroatoms. The monoisotopic (exact) mass is 536 g/mol. The summed E-state index contributed by atoms with van der Waals surface area (Å²) in [6, 6.07) is 14.0. The summed E-state index contributed by atoms with van der Waals surface area (Å²) in [5.74, 6) is -0.607. The number of aromatic nitrogens is 1. The maximum atomic E-state index is 14.0. The highest BCUT2D eigenvalue weighted by atomic mass is 32.2. The predicted molar refractivity (Wildman–Crippen MR) is 145 cm³/mol. The van der Waals surface area contributed by atoms with E-state index in [0.717, 1.165) is 11.8 Å². The summed E-state index contributed by atoms with van der Waals surface area (Å²) in [6.07, 6.45) is 1.29. The van der Waals surface area contributed by atoms with Crippen LogP contribution in [0.4, 0.5) is 5.69 Å². The highest BCUT2D eigenvalue weighted by Crippen LogP contribution is 2.40. The van der Waals surface area contributed by atoms with Gasteiger partial charge in [0.2, 0.25) is 5.91 Å². The molecular formula is C28H28N2O7S. The molecule has 0 saturated heterocycles. The van der Waals surface area contributed by atoms with Crippen molar-refractivity contribution in [2.75, 3.05) is 27.1 Å². The number of carbonyl (C=O) groups excluding carboxylic acids is 3. The summed E-state index contributed by atoms with van der Waals surface area (Å²) < 4.78 is 22.2. The summed E-state index contributed by atoms with van der Waals surface area (Å²) in [4.78, 5) is 40.4. The third-order valence-electron chi connectivity index (χ3n) is 5.90. The Morgan fingerprint density at radius 3 is 2.05 bits per heavy atom. The average molecular weight is 537 g/mol. The minimum atomic E-state index is -0.854. The molecule has 0 bridgehead atoms. The Morgan fingerprint density at radius 1 is 0.947 bits per heavy atom. The fourth-order valence-corrected chi connectivity index (χ4v) is 5.30. The number of hydrogen-bond donors (Lipinski definition) is 1. The second-order valence-electron chi connectivity index (χ2n) is 8.66. The second kappa shape index (κ2) is 11.1. The lowest BCUT2D eigenvalue weighted by molar-refractivity contribution is -0.139. The fourth-order valence-electron chi connectivity index (χ4n) is 4.11. The van der Waals surface area contributed by atoms with Crippen LogP contribution < -0.4 is 25.8 Å². The molecule has 0 spiro atoms. The summed E-state index contributed by atoms with van der Waals surface area (Å²) in [7, 11) is 4.31. The van der Waals surface area contributed by atoms with Gasteiger partial charge in [0.1, 0.15) is 21.7 Å². The highest BCUT2D eigenvalue weighted by molar-refractivity contribution is 8.10. The molecule has 1 aromatic heterocycles. The van der Waals surface area contributed by atoms with Crippen molar-refractivity contribution in [3.63, 3.8) is 0 Å². The molecule has 0 aliphatic carbocycles. The van der Waals surface area contributed by atoms with E-state index in [1.54, 1.807) is 82.7 Å². The van der Waals surface area contributed by atoms with Gasteiger partial charge in [0.15, 0.2) is 5.69 Å². The van der Waals surface area contributed by atoms with E-state index in [0.29, 0.717) is 27.8 Å². The Hall–Kier alpha value is -4.18. The van der Waals surface area contributed by atoms with E-state index >= 15 is 0 Å². The summed E-state index contributed by atoms with van der Waals surface area (Å²) in [5, 5.41) is -0.336. The Labute approximate surface area is 223 Å². The molecule has 1 unspecified atom stereocenters. The molecule has 0 saturated carbocycles. The summed E-state index contributed by atoms with van der Waals surface area (Å²) in [6.45, 7) is 3.46. The molecule has 0 amide bonds. The molecule has 198 valence electrons. The number of esters is 2. The molecule has 2 aromatic carbocycles. The standard InChI is InChI=1S/C28H28N2O7S/c1-15(2)37-28(33)25-22-20(14-16-6-10-18(34-3)11-7-16)21(29)23(27(32)36-5)30(22)26(31)24(38-25)17-8-12-19(35-4)13-9-17/h6-15,24H,29H2,1-5H3/b20-14+. The zero-order valence-electron chi connectivity index (χ0n) is 21.6. The first-order valence-corrected chi connectivity index (χ1v) is 12.6. The number of fused-ring (bicyclic) bond motifs is 1. The number of nitrogens with zero attached hydrogens (tertiary/aromatic N) is 1. The normalized spacial score (nSPS) is 15.3. The number of thioether (sulfide) groups is 1. The number of carbonyl (C=O) groups is 3. The maximum Gasteiger partial charge on any atom is 0.357 e. The van der Waals surface area contributed by atoms with Gasteiger partial charge in [-0.05, 0) is 55.3 Å². The number of nitrogen functional groups attached to an aromatic ring is 1. The van der Waals surface area contributed by atoms with E-state index < -0.39 is 29.2 Å². The van der Waals surface area contributed by atoms with Gasteiger partial charge < -0.3 is 24.7 Å². The highest BCUT2D eigenvalue weighted by Gasteiger charge is 2.38. The van der Waals surface area contributed by atoms with Gasteiger partial charge in [-0.15, -0.1) is 0 Å². The lowest BCUT2D eigenvalue weighted by atomic mass is 10.1. The molecule has 2 N–H and O–H groups in total. The molecule has 1 aliphatic heterocycles. The van der Waals surface area contributed by atoms with Crippen LogP contribution in [0.25, 0.3) is 11.0 Å². The van der Waals surface area contributed by atoms with E-state index in [9.17, 15) is 14.4 Å². The van der Waals surface area contributed by atoms with Crippen molar-refractivity contribution in [1.29, 1.82) is 0 Å². The lowest BCUT2D eigenvalue weighted by Crippen LogP contribution is -2.43. The fraction of sp³-hybridized carbons (Fsp3) is 0.250.